The van der Waals surface area contributed by atoms with Crippen LogP contribution in [0.5, 0.6) is 0 Å². The van der Waals surface area contributed by atoms with Crippen LogP contribution in [0.4, 0.5) is 21.3 Å². The van der Waals surface area contributed by atoms with Crippen LogP contribution in [0.25, 0.3) is 10.2 Å². The summed E-state index contributed by atoms with van der Waals surface area (Å²) >= 11 is 1.33. The summed E-state index contributed by atoms with van der Waals surface area (Å²) in [6.45, 7) is 1.77. The number of nitrogens with zero attached hydrogens (tertiary/aromatic N) is 1. The van der Waals surface area contributed by atoms with E-state index in [-0.39, 0.29) is 5.91 Å². The number of benzene rings is 2. The van der Waals surface area contributed by atoms with Gasteiger partial charge in [-0.15, -0.1) is 0 Å². The number of hydrogen-bond acceptors (Lipinski definition) is 6. The fourth-order valence-corrected chi connectivity index (χ4v) is 3.29. The number of aromatic nitrogens is 1. The number of carbonyl (C=O) groups excluding carboxylic acids is 3. The number of esters is 1. The van der Waals surface area contributed by atoms with E-state index in [1.165, 1.54) is 18.4 Å². The predicted octanol–water partition coefficient (Wildman–Crippen LogP) is 4.08. The van der Waals surface area contributed by atoms with E-state index in [0.717, 1.165) is 10.2 Å². The van der Waals surface area contributed by atoms with Gasteiger partial charge >= 0.3 is 12.0 Å². The summed E-state index contributed by atoms with van der Waals surface area (Å²) in [7, 11) is 1.31. The van der Waals surface area contributed by atoms with Crippen LogP contribution in [-0.4, -0.2) is 30.0 Å². The molecule has 2 aromatic carbocycles. The van der Waals surface area contributed by atoms with E-state index < -0.39 is 12.0 Å². The number of urea groups is 1. The molecular weight excluding hydrogens is 380 g/mol. The number of anilines is 3. The number of nitrogens with one attached hydrogen (secondary N) is 3. The molecule has 28 heavy (non-hydrogen) atoms. The summed E-state index contributed by atoms with van der Waals surface area (Å²) in [4.78, 5) is 39.4. The van der Waals surface area contributed by atoms with Crippen molar-refractivity contribution in [3.8, 4) is 0 Å². The summed E-state index contributed by atoms with van der Waals surface area (Å²) in [5.41, 5.74) is 2.26. The van der Waals surface area contributed by atoms with Crippen molar-refractivity contribution in [2.75, 3.05) is 23.1 Å². The van der Waals surface area contributed by atoms with Gasteiger partial charge in [0, 0.05) is 17.8 Å². The highest BCUT2D eigenvalue weighted by Gasteiger charge is 2.09. The molecule has 0 saturated carbocycles. The van der Waals surface area contributed by atoms with E-state index in [0.29, 0.717) is 28.5 Å². The summed E-state index contributed by atoms with van der Waals surface area (Å²) in [5, 5.41) is 8.68. The van der Waals surface area contributed by atoms with Gasteiger partial charge in [-0.05, 0) is 42.5 Å². The maximum Gasteiger partial charge on any atom is 0.337 e. The Morgan fingerprint density at radius 3 is 2.36 bits per heavy atom. The first-order valence-electron chi connectivity index (χ1n) is 8.45. The number of rotatable bonds is 5. The zero-order valence-corrected chi connectivity index (χ0v) is 16.1. The molecule has 0 radical (unpaired) electrons. The Labute approximate surface area is 164 Å². The number of hydrogen-bond donors (Lipinski definition) is 3. The first kappa shape index (κ1) is 19.3. The Kier molecular flexibility index (Phi) is 5.85. The Hall–Kier alpha value is -3.46. The minimum Gasteiger partial charge on any atom is -0.465 e. The third-order valence-corrected chi connectivity index (χ3v) is 4.71. The zero-order chi connectivity index (χ0) is 20.1. The highest BCUT2D eigenvalue weighted by atomic mass is 32.1. The van der Waals surface area contributed by atoms with Crippen molar-refractivity contribution in [3.63, 3.8) is 0 Å². The molecule has 0 saturated heterocycles. The molecule has 0 bridgehead atoms. The van der Waals surface area contributed by atoms with Crippen LogP contribution in [-0.2, 0) is 9.53 Å². The van der Waals surface area contributed by atoms with Crippen LogP contribution in [0.2, 0.25) is 0 Å². The average Bonchev–Trinajstić information content (AvgIpc) is 3.09. The maximum atomic E-state index is 12.2. The standard InChI is InChI=1S/C19H18N4O4S/c1-3-16(24)23-19-22-14-9-8-13(10-15(14)28-19)21-18(26)20-12-6-4-11(5-7-12)17(25)27-2/h4-10H,3H2,1-2H3,(H2,20,21,26)(H,22,23,24). The average molecular weight is 398 g/mol. The first-order chi connectivity index (χ1) is 13.5. The van der Waals surface area contributed by atoms with E-state index in [1.54, 1.807) is 49.4 Å². The number of ether oxygens (including phenoxy) is 1. The quantitative estimate of drug-likeness (QED) is 0.561. The molecule has 3 aromatic rings. The summed E-state index contributed by atoms with van der Waals surface area (Å²) in [6, 6.07) is 11.2. The van der Waals surface area contributed by atoms with Gasteiger partial charge in [0.15, 0.2) is 5.13 Å². The molecule has 0 fully saturated rings. The molecule has 0 aliphatic heterocycles. The van der Waals surface area contributed by atoms with Crippen molar-refractivity contribution in [3.05, 3.63) is 48.0 Å². The molecule has 3 N–H and O–H groups in total. The highest BCUT2D eigenvalue weighted by Crippen LogP contribution is 2.28. The minimum atomic E-state index is -0.441. The summed E-state index contributed by atoms with van der Waals surface area (Å²) < 4.78 is 5.47. The molecular formula is C19H18N4O4S. The van der Waals surface area contributed by atoms with Crippen LogP contribution in [0.15, 0.2) is 42.5 Å². The second kappa shape index (κ2) is 8.49. The lowest BCUT2D eigenvalue weighted by molar-refractivity contribution is -0.115. The van der Waals surface area contributed by atoms with Crippen LogP contribution in [0.3, 0.4) is 0 Å². The predicted molar refractivity (Wildman–Crippen MR) is 109 cm³/mol. The molecule has 0 aliphatic rings. The van der Waals surface area contributed by atoms with Gasteiger partial charge in [0.2, 0.25) is 5.91 Å². The first-order valence-corrected chi connectivity index (χ1v) is 9.27. The topological polar surface area (TPSA) is 109 Å². The van der Waals surface area contributed by atoms with Crippen LogP contribution in [0.1, 0.15) is 23.7 Å². The van der Waals surface area contributed by atoms with E-state index >= 15 is 0 Å². The van der Waals surface area contributed by atoms with Crippen molar-refractivity contribution >= 4 is 56.0 Å². The molecule has 8 nitrogen and oxygen atoms in total. The molecule has 3 rings (SSSR count). The van der Waals surface area contributed by atoms with Gasteiger partial charge in [0.1, 0.15) is 0 Å². The molecule has 3 amide bonds. The number of methoxy groups -OCH3 is 1. The lowest BCUT2D eigenvalue weighted by Gasteiger charge is -2.08. The minimum absolute atomic E-state index is 0.102. The monoisotopic (exact) mass is 398 g/mol. The molecule has 0 aliphatic carbocycles. The largest absolute Gasteiger partial charge is 0.465 e. The van der Waals surface area contributed by atoms with Crippen molar-refractivity contribution in [1.29, 1.82) is 0 Å². The third-order valence-electron chi connectivity index (χ3n) is 3.78. The molecule has 9 heteroatoms. The van der Waals surface area contributed by atoms with E-state index in [2.05, 4.69) is 25.7 Å². The van der Waals surface area contributed by atoms with E-state index in [4.69, 9.17) is 0 Å². The maximum absolute atomic E-state index is 12.2. The lowest BCUT2D eigenvalue weighted by Crippen LogP contribution is -2.19. The van der Waals surface area contributed by atoms with E-state index in [1.807, 2.05) is 0 Å². The summed E-state index contributed by atoms with van der Waals surface area (Å²) in [5.74, 6) is -0.543. The van der Waals surface area contributed by atoms with Gasteiger partial charge in [0.05, 0.1) is 22.9 Å². The van der Waals surface area contributed by atoms with Crippen molar-refractivity contribution < 1.29 is 19.1 Å². The molecule has 0 atom stereocenters. The zero-order valence-electron chi connectivity index (χ0n) is 15.2. The van der Waals surface area contributed by atoms with Gasteiger partial charge in [0.25, 0.3) is 0 Å². The molecule has 0 spiro atoms. The summed E-state index contributed by atoms with van der Waals surface area (Å²) in [6.07, 6.45) is 0.378. The van der Waals surface area contributed by atoms with Crippen LogP contribution >= 0.6 is 11.3 Å². The second-order valence-corrected chi connectivity index (χ2v) is 6.78. The number of amides is 3. The normalized spacial score (nSPS) is 10.4. The van der Waals surface area contributed by atoms with E-state index in [9.17, 15) is 14.4 Å². The molecule has 144 valence electrons. The van der Waals surface area contributed by atoms with Gasteiger partial charge in [-0.1, -0.05) is 18.3 Å². The molecule has 1 heterocycles. The Bertz CT molecular complexity index is 1030. The second-order valence-electron chi connectivity index (χ2n) is 5.75. The number of carbonyl (C=O) groups is 3. The molecule has 1 aromatic heterocycles. The lowest BCUT2D eigenvalue weighted by atomic mass is 10.2. The smallest absolute Gasteiger partial charge is 0.337 e. The van der Waals surface area contributed by atoms with Gasteiger partial charge < -0.3 is 20.7 Å². The van der Waals surface area contributed by atoms with Crippen LogP contribution in [0, 0.1) is 0 Å². The Morgan fingerprint density at radius 1 is 1.00 bits per heavy atom. The Morgan fingerprint density at radius 2 is 1.68 bits per heavy atom. The van der Waals surface area contributed by atoms with Crippen molar-refractivity contribution in [1.82, 2.24) is 4.98 Å². The van der Waals surface area contributed by atoms with Crippen LogP contribution < -0.4 is 16.0 Å². The van der Waals surface area contributed by atoms with Gasteiger partial charge in [-0.2, -0.15) is 0 Å². The fraction of sp³-hybridized carbons (Fsp3) is 0.158. The SMILES string of the molecule is CCC(=O)Nc1nc2ccc(NC(=O)Nc3ccc(C(=O)OC)cc3)cc2s1. The third kappa shape index (κ3) is 4.63. The fourth-order valence-electron chi connectivity index (χ4n) is 2.36. The van der Waals surface area contributed by atoms with Gasteiger partial charge in [-0.25, -0.2) is 14.6 Å². The van der Waals surface area contributed by atoms with Crippen molar-refractivity contribution in [2.24, 2.45) is 0 Å². The number of thiazole rings is 1. The Balaban J connectivity index is 1.65. The van der Waals surface area contributed by atoms with Gasteiger partial charge in [-0.3, -0.25) is 4.79 Å². The number of fused-ring (bicyclic) bond motifs is 1. The van der Waals surface area contributed by atoms with Crippen molar-refractivity contribution in [2.45, 2.75) is 13.3 Å². The highest BCUT2D eigenvalue weighted by molar-refractivity contribution is 7.22. The molecule has 0 unspecified atom stereocenters.